The van der Waals surface area contributed by atoms with Crippen LogP contribution in [0.15, 0.2) is 60.7 Å². The third kappa shape index (κ3) is 4.35. The molecular weight excluding hydrogens is 218 g/mol. The van der Waals surface area contributed by atoms with E-state index in [2.05, 4.69) is 53.7 Å². The van der Waals surface area contributed by atoms with Gasteiger partial charge < -0.3 is 5.32 Å². The molecule has 1 N–H and O–H groups in total. The van der Waals surface area contributed by atoms with Crippen molar-refractivity contribution < 1.29 is 0 Å². The van der Waals surface area contributed by atoms with E-state index < -0.39 is 0 Å². The van der Waals surface area contributed by atoms with E-state index in [4.69, 9.17) is 0 Å². The topological polar surface area (TPSA) is 12.0 Å². The number of hydrogen-bond acceptors (Lipinski definition) is 1. The van der Waals surface area contributed by atoms with Gasteiger partial charge in [-0.25, -0.2) is 0 Å². The molecule has 0 heterocycles. The quantitative estimate of drug-likeness (QED) is 0.633. The Morgan fingerprint density at radius 3 is 2.06 bits per heavy atom. The normalized spacial score (nSPS) is 9.33. The molecule has 90 valence electrons. The van der Waals surface area contributed by atoms with Gasteiger partial charge in [0.15, 0.2) is 0 Å². The number of benzene rings is 2. The lowest BCUT2D eigenvalue weighted by atomic mass is 10.1. The van der Waals surface area contributed by atoms with Crippen molar-refractivity contribution in [1.82, 2.24) is 5.32 Å². The molecule has 0 spiro atoms. The first-order valence-corrected chi connectivity index (χ1v) is 6.24. The molecule has 2 rings (SSSR count). The maximum Gasteiger partial charge on any atom is 0.0480 e. The molecular formula is C17H17N. The number of rotatable bonds is 4. The molecule has 0 fully saturated rings. The van der Waals surface area contributed by atoms with Gasteiger partial charge in [0.05, 0.1) is 0 Å². The Labute approximate surface area is 109 Å². The Hall–Kier alpha value is -2.20. The van der Waals surface area contributed by atoms with E-state index in [1.807, 2.05) is 24.3 Å². The number of hydrogen-bond donors (Lipinski definition) is 1. The molecule has 1 heteroatoms. The second kappa shape index (κ2) is 7.19. The van der Waals surface area contributed by atoms with E-state index in [0.717, 1.165) is 19.4 Å². The smallest absolute Gasteiger partial charge is 0.0480 e. The van der Waals surface area contributed by atoms with Crippen LogP contribution in [0.4, 0.5) is 0 Å². The van der Waals surface area contributed by atoms with Crippen LogP contribution in [0.25, 0.3) is 0 Å². The fourth-order valence-corrected chi connectivity index (χ4v) is 1.72. The van der Waals surface area contributed by atoms with Crippen LogP contribution in [0.5, 0.6) is 0 Å². The van der Waals surface area contributed by atoms with Crippen LogP contribution < -0.4 is 5.32 Å². The molecule has 0 saturated heterocycles. The SMILES string of the molecule is C(#CNCc1ccccc1)CCc1ccccc1. The Morgan fingerprint density at radius 1 is 0.778 bits per heavy atom. The van der Waals surface area contributed by atoms with Gasteiger partial charge >= 0.3 is 0 Å². The minimum Gasteiger partial charge on any atom is -0.341 e. The third-order valence-electron chi connectivity index (χ3n) is 2.69. The van der Waals surface area contributed by atoms with E-state index in [-0.39, 0.29) is 0 Å². The average Bonchev–Trinajstić information content (AvgIpc) is 2.45. The highest BCUT2D eigenvalue weighted by Gasteiger charge is 1.88. The summed E-state index contributed by atoms with van der Waals surface area (Å²) in [7, 11) is 0. The molecule has 2 aromatic rings. The minimum atomic E-state index is 0.805. The first-order valence-electron chi connectivity index (χ1n) is 6.24. The molecule has 18 heavy (non-hydrogen) atoms. The minimum absolute atomic E-state index is 0.805. The van der Waals surface area contributed by atoms with Crippen molar-refractivity contribution in [2.24, 2.45) is 0 Å². The molecule has 0 aromatic heterocycles. The highest BCUT2D eigenvalue weighted by atomic mass is 14.8. The molecule has 2 aromatic carbocycles. The Bertz CT molecular complexity index is 458. The summed E-state index contributed by atoms with van der Waals surface area (Å²) in [6, 6.07) is 23.7. The zero-order chi connectivity index (χ0) is 12.5. The van der Waals surface area contributed by atoms with Gasteiger partial charge in [0.25, 0.3) is 0 Å². The Morgan fingerprint density at radius 2 is 1.39 bits per heavy atom. The van der Waals surface area contributed by atoms with Gasteiger partial charge in [-0.15, -0.1) is 0 Å². The van der Waals surface area contributed by atoms with Gasteiger partial charge in [0.1, 0.15) is 0 Å². The molecule has 0 radical (unpaired) electrons. The lowest BCUT2D eigenvalue weighted by Crippen LogP contribution is -2.04. The molecule has 1 nitrogen and oxygen atoms in total. The zero-order valence-corrected chi connectivity index (χ0v) is 10.4. The highest BCUT2D eigenvalue weighted by molar-refractivity contribution is 5.17. The van der Waals surface area contributed by atoms with Crippen molar-refractivity contribution in [3.8, 4) is 12.0 Å². The standard InChI is InChI=1S/C17H17N/c1-3-9-16(10-4-1)11-7-8-14-18-15-17-12-5-2-6-13-17/h1-6,9-10,12-13,18H,7,11,15H2. The predicted octanol–water partition coefficient (Wildman–Crippen LogP) is 3.37. The van der Waals surface area contributed by atoms with E-state index in [9.17, 15) is 0 Å². The first kappa shape index (κ1) is 12.3. The summed E-state index contributed by atoms with van der Waals surface area (Å²) in [5, 5.41) is 3.13. The third-order valence-corrected chi connectivity index (χ3v) is 2.69. The van der Waals surface area contributed by atoms with Crippen molar-refractivity contribution in [3.05, 3.63) is 71.8 Å². The van der Waals surface area contributed by atoms with Crippen molar-refractivity contribution in [1.29, 1.82) is 0 Å². The molecule has 0 aliphatic rings. The summed E-state index contributed by atoms with van der Waals surface area (Å²) < 4.78 is 0. The highest BCUT2D eigenvalue weighted by Crippen LogP contribution is 2.01. The number of aryl methyl sites for hydroxylation is 1. The molecule has 0 amide bonds. The monoisotopic (exact) mass is 235 g/mol. The fourth-order valence-electron chi connectivity index (χ4n) is 1.72. The van der Waals surface area contributed by atoms with Gasteiger partial charge in [-0.1, -0.05) is 66.6 Å². The lowest BCUT2D eigenvalue weighted by molar-refractivity contribution is 0.895. The van der Waals surface area contributed by atoms with Gasteiger partial charge in [-0.05, 0) is 17.5 Å². The van der Waals surface area contributed by atoms with Crippen LogP contribution >= 0.6 is 0 Å². The van der Waals surface area contributed by atoms with Crippen molar-refractivity contribution >= 4 is 0 Å². The predicted molar refractivity (Wildman–Crippen MR) is 75.8 cm³/mol. The van der Waals surface area contributed by atoms with Gasteiger partial charge in [-0.3, -0.25) is 0 Å². The summed E-state index contributed by atoms with van der Waals surface area (Å²) in [6.45, 7) is 0.805. The fraction of sp³-hybridized carbons (Fsp3) is 0.176. The van der Waals surface area contributed by atoms with Gasteiger partial charge in [0, 0.05) is 19.0 Å². The van der Waals surface area contributed by atoms with Gasteiger partial charge in [-0.2, -0.15) is 0 Å². The van der Waals surface area contributed by atoms with Crippen LogP contribution in [0, 0.1) is 12.0 Å². The second-order valence-corrected chi connectivity index (χ2v) is 4.13. The van der Waals surface area contributed by atoms with Crippen LogP contribution in [0.3, 0.4) is 0 Å². The van der Waals surface area contributed by atoms with E-state index in [1.54, 1.807) is 0 Å². The Kier molecular flexibility index (Phi) is 4.90. The number of nitrogens with one attached hydrogen (secondary N) is 1. The summed E-state index contributed by atoms with van der Waals surface area (Å²) in [5.41, 5.74) is 2.60. The van der Waals surface area contributed by atoms with Crippen molar-refractivity contribution in [2.75, 3.05) is 0 Å². The molecule has 0 atom stereocenters. The van der Waals surface area contributed by atoms with E-state index >= 15 is 0 Å². The molecule has 0 aliphatic heterocycles. The van der Waals surface area contributed by atoms with Crippen molar-refractivity contribution in [3.63, 3.8) is 0 Å². The summed E-state index contributed by atoms with van der Waals surface area (Å²) >= 11 is 0. The molecule has 0 aliphatic carbocycles. The maximum absolute atomic E-state index is 3.14. The Balaban J connectivity index is 1.68. The second-order valence-electron chi connectivity index (χ2n) is 4.13. The van der Waals surface area contributed by atoms with Crippen LogP contribution in [0.2, 0.25) is 0 Å². The summed E-state index contributed by atoms with van der Waals surface area (Å²) in [6.07, 6.45) is 1.91. The average molecular weight is 235 g/mol. The molecule has 0 saturated carbocycles. The summed E-state index contributed by atoms with van der Waals surface area (Å²) in [4.78, 5) is 0. The van der Waals surface area contributed by atoms with Crippen LogP contribution in [-0.4, -0.2) is 0 Å². The molecule has 0 unspecified atom stereocenters. The largest absolute Gasteiger partial charge is 0.341 e. The summed E-state index contributed by atoms with van der Waals surface area (Å²) in [5.74, 6) is 3.14. The lowest BCUT2D eigenvalue weighted by Gasteiger charge is -1.98. The van der Waals surface area contributed by atoms with Crippen LogP contribution in [0.1, 0.15) is 17.5 Å². The van der Waals surface area contributed by atoms with Crippen molar-refractivity contribution in [2.45, 2.75) is 19.4 Å². The molecule has 0 bridgehead atoms. The van der Waals surface area contributed by atoms with E-state index in [0.29, 0.717) is 0 Å². The zero-order valence-electron chi connectivity index (χ0n) is 10.4. The maximum atomic E-state index is 3.14. The first-order chi connectivity index (χ1) is 8.95. The van der Waals surface area contributed by atoms with Crippen LogP contribution in [-0.2, 0) is 13.0 Å². The van der Waals surface area contributed by atoms with Gasteiger partial charge in [0.2, 0.25) is 0 Å². The van der Waals surface area contributed by atoms with E-state index in [1.165, 1.54) is 11.1 Å².